The van der Waals surface area contributed by atoms with Crippen molar-refractivity contribution in [3.05, 3.63) is 68.4 Å². The molecule has 160 valence electrons. The molecule has 0 heterocycles. The van der Waals surface area contributed by atoms with Crippen LogP contribution in [0.1, 0.15) is 41.7 Å². The van der Waals surface area contributed by atoms with Crippen molar-refractivity contribution in [3.8, 4) is 0 Å². The first-order valence-corrected chi connectivity index (χ1v) is 10.0. The Morgan fingerprint density at radius 1 is 1.03 bits per heavy atom. The molecule has 10 heteroatoms. The molecule has 4 N–H and O–H groups in total. The van der Waals surface area contributed by atoms with Gasteiger partial charge in [0.25, 0.3) is 5.91 Å². The fourth-order valence-electron chi connectivity index (χ4n) is 2.66. The second kappa shape index (κ2) is 10.6. The summed E-state index contributed by atoms with van der Waals surface area (Å²) in [5.41, 5.74) is 5.77. The zero-order chi connectivity index (χ0) is 22.4. The molecule has 2 rings (SSSR count). The molecule has 30 heavy (non-hydrogen) atoms. The van der Waals surface area contributed by atoms with Crippen LogP contribution in [0.15, 0.2) is 36.4 Å². The van der Waals surface area contributed by atoms with Crippen LogP contribution < -0.4 is 16.4 Å². The first-order valence-electron chi connectivity index (χ1n) is 8.88. The summed E-state index contributed by atoms with van der Waals surface area (Å²) in [5.74, 6) is -2.42. The Morgan fingerprint density at radius 3 is 2.27 bits per heavy atom. The SMILES string of the molecule is C[C@H](NC(=O)[C@H](CCC(N)=O)NC(=O)c1ccc(Cl)cc1)c1cc(F)c(Cl)cc1Cl. The van der Waals surface area contributed by atoms with E-state index in [1.165, 1.54) is 30.3 Å². The van der Waals surface area contributed by atoms with Gasteiger partial charge in [0, 0.05) is 22.0 Å². The molecule has 2 aromatic carbocycles. The molecule has 0 aliphatic rings. The molecule has 0 saturated heterocycles. The van der Waals surface area contributed by atoms with Crippen LogP contribution in [-0.4, -0.2) is 23.8 Å². The number of hydrogen-bond donors (Lipinski definition) is 3. The number of nitrogens with one attached hydrogen (secondary N) is 2. The number of halogens is 4. The summed E-state index contributed by atoms with van der Waals surface area (Å²) in [7, 11) is 0. The second-order valence-corrected chi connectivity index (χ2v) is 7.81. The summed E-state index contributed by atoms with van der Waals surface area (Å²) in [6, 6.07) is 6.68. The number of primary amides is 1. The van der Waals surface area contributed by atoms with Gasteiger partial charge in [-0.15, -0.1) is 0 Å². The third-order valence-electron chi connectivity index (χ3n) is 4.27. The van der Waals surface area contributed by atoms with E-state index in [0.29, 0.717) is 10.6 Å². The molecule has 3 amide bonds. The Kier molecular flexibility index (Phi) is 8.46. The largest absolute Gasteiger partial charge is 0.370 e. The maximum Gasteiger partial charge on any atom is 0.251 e. The molecule has 2 atom stereocenters. The van der Waals surface area contributed by atoms with Gasteiger partial charge in [0.15, 0.2) is 0 Å². The van der Waals surface area contributed by atoms with Gasteiger partial charge in [-0.1, -0.05) is 34.8 Å². The maximum atomic E-state index is 13.8. The van der Waals surface area contributed by atoms with Crippen LogP contribution in [0.4, 0.5) is 4.39 Å². The molecule has 0 aliphatic heterocycles. The lowest BCUT2D eigenvalue weighted by atomic mass is 10.1. The van der Waals surface area contributed by atoms with E-state index in [1.807, 2.05) is 0 Å². The summed E-state index contributed by atoms with van der Waals surface area (Å²) in [6.45, 7) is 1.60. The van der Waals surface area contributed by atoms with E-state index < -0.39 is 35.6 Å². The predicted octanol–water partition coefficient (Wildman–Crippen LogP) is 4.03. The lowest BCUT2D eigenvalue weighted by Gasteiger charge is -2.22. The van der Waals surface area contributed by atoms with Gasteiger partial charge in [-0.05, 0) is 55.3 Å². The standard InChI is InChI=1S/C20H19Cl3FN3O3/c1-10(13-8-16(24)15(23)9-14(13)22)26-20(30)17(6-7-18(25)28)27-19(29)11-2-4-12(21)5-3-11/h2-5,8-10,17H,6-7H2,1H3,(H2,25,28)(H,26,30)(H,27,29)/t10-,17-/m0/s1. The molecule has 0 radical (unpaired) electrons. The van der Waals surface area contributed by atoms with Gasteiger partial charge < -0.3 is 16.4 Å². The second-order valence-electron chi connectivity index (χ2n) is 6.56. The molecule has 0 aromatic heterocycles. The van der Waals surface area contributed by atoms with Crippen LogP contribution in [0.2, 0.25) is 15.1 Å². The fourth-order valence-corrected chi connectivity index (χ4v) is 3.33. The molecule has 0 bridgehead atoms. The van der Waals surface area contributed by atoms with Crippen LogP contribution in [0.5, 0.6) is 0 Å². The Hall–Kier alpha value is -2.35. The summed E-state index contributed by atoms with van der Waals surface area (Å²) in [5, 5.41) is 5.71. The van der Waals surface area contributed by atoms with Crippen LogP contribution in [0.25, 0.3) is 0 Å². The van der Waals surface area contributed by atoms with Gasteiger partial charge in [0.1, 0.15) is 11.9 Å². The number of carbonyl (C=O) groups is 3. The first-order chi connectivity index (χ1) is 14.1. The van der Waals surface area contributed by atoms with Gasteiger partial charge in [0.05, 0.1) is 11.1 Å². The van der Waals surface area contributed by atoms with Crippen LogP contribution in [0, 0.1) is 5.82 Å². The van der Waals surface area contributed by atoms with E-state index in [-0.39, 0.29) is 28.5 Å². The third kappa shape index (κ3) is 6.58. The summed E-state index contributed by atoms with van der Waals surface area (Å²) in [4.78, 5) is 36.4. The van der Waals surface area contributed by atoms with Gasteiger partial charge >= 0.3 is 0 Å². The molecule has 0 fully saturated rings. The van der Waals surface area contributed by atoms with E-state index in [9.17, 15) is 18.8 Å². The zero-order valence-corrected chi connectivity index (χ0v) is 18.1. The van der Waals surface area contributed by atoms with Crippen molar-refractivity contribution in [2.75, 3.05) is 0 Å². The fraction of sp³-hybridized carbons (Fsp3) is 0.250. The van der Waals surface area contributed by atoms with E-state index in [4.69, 9.17) is 40.5 Å². The van der Waals surface area contributed by atoms with Crippen molar-refractivity contribution in [1.29, 1.82) is 0 Å². The molecule has 0 unspecified atom stereocenters. The Labute approximate surface area is 187 Å². The monoisotopic (exact) mass is 473 g/mol. The minimum atomic E-state index is -1.06. The lowest BCUT2D eigenvalue weighted by molar-refractivity contribution is -0.124. The quantitative estimate of drug-likeness (QED) is 0.504. The minimum Gasteiger partial charge on any atom is -0.370 e. The summed E-state index contributed by atoms with van der Waals surface area (Å²) >= 11 is 17.6. The predicted molar refractivity (Wildman–Crippen MR) is 114 cm³/mol. The number of amides is 3. The maximum absolute atomic E-state index is 13.8. The Bertz CT molecular complexity index is 954. The number of rotatable bonds is 8. The van der Waals surface area contributed by atoms with E-state index >= 15 is 0 Å². The minimum absolute atomic E-state index is 0.0179. The highest BCUT2D eigenvalue weighted by atomic mass is 35.5. The van der Waals surface area contributed by atoms with Crippen molar-refractivity contribution in [3.63, 3.8) is 0 Å². The van der Waals surface area contributed by atoms with Gasteiger partial charge in [-0.2, -0.15) is 0 Å². The van der Waals surface area contributed by atoms with Crippen molar-refractivity contribution in [2.24, 2.45) is 5.73 Å². The Balaban J connectivity index is 2.16. The van der Waals surface area contributed by atoms with E-state index in [1.54, 1.807) is 6.92 Å². The molecule has 0 aliphatic carbocycles. The summed E-state index contributed by atoms with van der Waals surface area (Å²) < 4.78 is 13.8. The smallest absolute Gasteiger partial charge is 0.251 e. The van der Waals surface area contributed by atoms with Crippen molar-refractivity contribution in [1.82, 2.24) is 10.6 Å². The van der Waals surface area contributed by atoms with Gasteiger partial charge in [-0.3, -0.25) is 14.4 Å². The topological polar surface area (TPSA) is 101 Å². The molecule has 6 nitrogen and oxygen atoms in total. The van der Waals surface area contributed by atoms with E-state index in [2.05, 4.69) is 10.6 Å². The van der Waals surface area contributed by atoms with Gasteiger partial charge in [-0.25, -0.2) is 4.39 Å². The molecule has 2 aromatic rings. The zero-order valence-electron chi connectivity index (χ0n) is 15.8. The van der Waals surface area contributed by atoms with Crippen LogP contribution in [0.3, 0.4) is 0 Å². The van der Waals surface area contributed by atoms with Crippen molar-refractivity contribution in [2.45, 2.75) is 31.8 Å². The van der Waals surface area contributed by atoms with Gasteiger partial charge in [0.2, 0.25) is 11.8 Å². The van der Waals surface area contributed by atoms with Crippen LogP contribution >= 0.6 is 34.8 Å². The first kappa shape index (κ1) is 23.9. The lowest BCUT2D eigenvalue weighted by Crippen LogP contribution is -2.47. The average molecular weight is 475 g/mol. The average Bonchev–Trinajstić information content (AvgIpc) is 2.67. The number of nitrogens with two attached hydrogens (primary N) is 1. The molecule has 0 saturated carbocycles. The highest BCUT2D eigenvalue weighted by Crippen LogP contribution is 2.28. The molecular formula is C20H19Cl3FN3O3. The number of benzene rings is 2. The third-order valence-corrected chi connectivity index (χ3v) is 5.14. The van der Waals surface area contributed by atoms with E-state index in [0.717, 1.165) is 6.07 Å². The number of carbonyl (C=O) groups excluding carboxylic acids is 3. The molecular weight excluding hydrogens is 456 g/mol. The number of hydrogen-bond acceptors (Lipinski definition) is 3. The van der Waals surface area contributed by atoms with Crippen molar-refractivity contribution >= 4 is 52.5 Å². The summed E-state index contributed by atoms with van der Waals surface area (Å²) in [6.07, 6.45) is -0.139. The van der Waals surface area contributed by atoms with Crippen molar-refractivity contribution < 1.29 is 18.8 Å². The van der Waals surface area contributed by atoms with Crippen LogP contribution in [-0.2, 0) is 9.59 Å². The Morgan fingerprint density at radius 2 is 1.67 bits per heavy atom. The molecule has 0 spiro atoms. The highest BCUT2D eigenvalue weighted by Gasteiger charge is 2.24. The normalized spacial score (nSPS) is 12.7. The highest BCUT2D eigenvalue weighted by molar-refractivity contribution is 6.35.